The van der Waals surface area contributed by atoms with Gasteiger partial charge in [0, 0.05) is 18.0 Å². The minimum absolute atomic E-state index is 0.0106. The standard InChI is InChI=1S/C10H13ClFN3O3S/c11-6-4-7(13)10(12)8(5-6)19(17,18)15-3-1-2-9(14)16/h4-5,15H,1-3,13H2,(H2,14,16). The van der Waals surface area contributed by atoms with E-state index < -0.39 is 26.6 Å². The summed E-state index contributed by atoms with van der Waals surface area (Å²) < 4.78 is 39.4. The molecule has 0 saturated heterocycles. The molecule has 1 amide bonds. The Morgan fingerprint density at radius 2 is 2.05 bits per heavy atom. The zero-order valence-electron chi connectivity index (χ0n) is 9.82. The first-order valence-corrected chi connectivity index (χ1v) is 7.12. The van der Waals surface area contributed by atoms with Crippen LogP contribution in [0.25, 0.3) is 0 Å². The van der Waals surface area contributed by atoms with Crippen LogP contribution in [0.3, 0.4) is 0 Å². The summed E-state index contributed by atoms with van der Waals surface area (Å²) in [4.78, 5) is 9.86. The van der Waals surface area contributed by atoms with Gasteiger partial charge in [-0.15, -0.1) is 0 Å². The predicted molar refractivity (Wildman–Crippen MR) is 69.4 cm³/mol. The third-order valence-electron chi connectivity index (χ3n) is 2.21. The molecule has 0 radical (unpaired) electrons. The number of anilines is 1. The normalized spacial score (nSPS) is 11.5. The molecular formula is C10H13ClFN3O3S. The van der Waals surface area contributed by atoms with E-state index in [0.717, 1.165) is 12.1 Å². The Morgan fingerprint density at radius 3 is 2.63 bits per heavy atom. The number of carbonyl (C=O) groups is 1. The smallest absolute Gasteiger partial charge is 0.243 e. The van der Waals surface area contributed by atoms with Gasteiger partial charge in [0.2, 0.25) is 15.9 Å². The predicted octanol–water partition coefficient (Wildman–Crippen LogP) is 0.605. The van der Waals surface area contributed by atoms with Gasteiger partial charge in [-0.25, -0.2) is 17.5 Å². The molecule has 0 spiro atoms. The summed E-state index contributed by atoms with van der Waals surface area (Å²) in [5.74, 6) is -1.61. The van der Waals surface area contributed by atoms with Crippen LogP contribution in [-0.4, -0.2) is 20.9 Å². The van der Waals surface area contributed by atoms with E-state index in [2.05, 4.69) is 4.72 Å². The number of sulfonamides is 1. The highest BCUT2D eigenvalue weighted by molar-refractivity contribution is 7.89. The monoisotopic (exact) mass is 309 g/mol. The van der Waals surface area contributed by atoms with Gasteiger partial charge in [0.05, 0.1) is 5.69 Å². The zero-order chi connectivity index (χ0) is 14.6. The average molecular weight is 310 g/mol. The number of hydrogen-bond acceptors (Lipinski definition) is 4. The lowest BCUT2D eigenvalue weighted by Gasteiger charge is -2.09. The van der Waals surface area contributed by atoms with E-state index in [0.29, 0.717) is 0 Å². The van der Waals surface area contributed by atoms with Gasteiger partial charge in [-0.2, -0.15) is 0 Å². The lowest BCUT2D eigenvalue weighted by molar-refractivity contribution is -0.118. The van der Waals surface area contributed by atoms with Crippen LogP contribution in [0.15, 0.2) is 17.0 Å². The molecule has 0 aliphatic heterocycles. The van der Waals surface area contributed by atoms with Crippen molar-refractivity contribution in [2.75, 3.05) is 12.3 Å². The van der Waals surface area contributed by atoms with Gasteiger partial charge in [-0.05, 0) is 18.6 Å². The van der Waals surface area contributed by atoms with Crippen molar-refractivity contribution in [3.05, 3.63) is 23.0 Å². The first-order chi connectivity index (χ1) is 8.74. The molecule has 0 unspecified atom stereocenters. The van der Waals surface area contributed by atoms with E-state index in [1.165, 1.54) is 0 Å². The summed E-state index contributed by atoms with van der Waals surface area (Å²) in [6.07, 6.45) is 0.245. The third-order valence-corrected chi connectivity index (χ3v) is 3.89. The van der Waals surface area contributed by atoms with Crippen LogP contribution in [-0.2, 0) is 14.8 Å². The lowest BCUT2D eigenvalue weighted by Crippen LogP contribution is -2.27. The van der Waals surface area contributed by atoms with E-state index in [1.807, 2.05) is 0 Å². The quantitative estimate of drug-likeness (QED) is 0.527. The number of nitrogen functional groups attached to an aromatic ring is 1. The van der Waals surface area contributed by atoms with Gasteiger partial charge in [0.15, 0.2) is 5.82 Å². The van der Waals surface area contributed by atoms with E-state index >= 15 is 0 Å². The van der Waals surface area contributed by atoms with Crippen LogP contribution in [0.1, 0.15) is 12.8 Å². The van der Waals surface area contributed by atoms with E-state index in [9.17, 15) is 17.6 Å². The maximum absolute atomic E-state index is 13.6. The maximum Gasteiger partial charge on any atom is 0.243 e. The summed E-state index contributed by atoms with van der Waals surface area (Å²) in [6, 6.07) is 2.08. The van der Waals surface area contributed by atoms with Crippen LogP contribution >= 0.6 is 11.6 Å². The molecule has 0 bridgehead atoms. The molecule has 0 aromatic heterocycles. The number of carbonyl (C=O) groups excluding carboxylic acids is 1. The van der Waals surface area contributed by atoms with Crippen molar-refractivity contribution in [3.63, 3.8) is 0 Å². The number of rotatable bonds is 6. The first kappa shape index (κ1) is 15.7. The highest BCUT2D eigenvalue weighted by Gasteiger charge is 2.21. The molecular weight excluding hydrogens is 297 g/mol. The molecule has 0 saturated carbocycles. The Labute approximate surface area is 115 Å². The molecule has 1 aromatic rings. The largest absolute Gasteiger partial charge is 0.396 e. The van der Waals surface area contributed by atoms with Gasteiger partial charge in [-0.3, -0.25) is 4.79 Å². The molecule has 9 heteroatoms. The highest BCUT2D eigenvalue weighted by atomic mass is 35.5. The number of amides is 1. The molecule has 0 aliphatic rings. The second-order valence-corrected chi connectivity index (χ2v) is 5.95. The Kier molecular flexibility index (Phi) is 5.10. The van der Waals surface area contributed by atoms with Crippen LogP contribution in [0.2, 0.25) is 5.02 Å². The molecule has 0 heterocycles. The second-order valence-electron chi connectivity index (χ2n) is 3.77. The van der Waals surface area contributed by atoms with E-state index in [1.54, 1.807) is 0 Å². The molecule has 1 aromatic carbocycles. The van der Waals surface area contributed by atoms with Gasteiger partial charge in [-0.1, -0.05) is 11.6 Å². The summed E-state index contributed by atoms with van der Waals surface area (Å²) in [7, 11) is -4.08. The fourth-order valence-corrected chi connectivity index (χ4v) is 2.82. The first-order valence-electron chi connectivity index (χ1n) is 5.26. The zero-order valence-corrected chi connectivity index (χ0v) is 11.4. The number of nitrogens with two attached hydrogens (primary N) is 2. The minimum atomic E-state index is -4.08. The molecule has 6 nitrogen and oxygen atoms in total. The van der Waals surface area contributed by atoms with E-state index in [-0.39, 0.29) is 30.1 Å². The molecule has 0 atom stereocenters. The van der Waals surface area contributed by atoms with E-state index in [4.69, 9.17) is 23.1 Å². The van der Waals surface area contributed by atoms with Gasteiger partial charge in [0.25, 0.3) is 0 Å². The molecule has 19 heavy (non-hydrogen) atoms. The van der Waals surface area contributed by atoms with Crippen LogP contribution in [0.4, 0.5) is 10.1 Å². The topological polar surface area (TPSA) is 115 Å². The van der Waals surface area contributed by atoms with Gasteiger partial charge < -0.3 is 11.5 Å². The number of hydrogen-bond donors (Lipinski definition) is 3. The Morgan fingerprint density at radius 1 is 1.42 bits per heavy atom. The molecule has 0 fully saturated rings. The number of benzene rings is 1. The summed E-state index contributed by atoms with van der Waals surface area (Å²) in [5, 5.41) is 0.0106. The van der Waals surface area contributed by atoms with Gasteiger partial charge in [0.1, 0.15) is 4.90 Å². The lowest BCUT2D eigenvalue weighted by atomic mass is 10.3. The Balaban J connectivity index is 2.86. The summed E-state index contributed by atoms with van der Waals surface area (Å²) in [5.41, 5.74) is 9.85. The average Bonchev–Trinajstić information content (AvgIpc) is 2.29. The number of nitrogens with one attached hydrogen (secondary N) is 1. The fraction of sp³-hybridized carbons (Fsp3) is 0.300. The van der Waals surface area contributed by atoms with Crippen molar-refractivity contribution in [2.45, 2.75) is 17.7 Å². The highest BCUT2D eigenvalue weighted by Crippen LogP contribution is 2.24. The molecule has 5 N–H and O–H groups in total. The number of halogens is 2. The molecule has 1 rings (SSSR count). The van der Waals surface area contributed by atoms with Crippen LogP contribution in [0.5, 0.6) is 0 Å². The molecule has 106 valence electrons. The van der Waals surface area contributed by atoms with Crippen molar-refractivity contribution in [2.24, 2.45) is 5.73 Å². The fourth-order valence-electron chi connectivity index (χ4n) is 1.33. The van der Waals surface area contributed by atoms with Crippen molar-refractivity contribution >= 4 is 33.2 Å². The Hall–Kier alpha value is -1.38. The van der Waals surface area contributed by atoms with Gasteiger partial charge >= 0.3 is 0 Å². The van der Waals surface area contributed by atoms with Crippen molar-refractivity contribution in [1.82, 2.24) is 4.72 Å². The van der Waals surface area contributed by atoms with Crippen LogP contribution in [0, 0.1) is 5.82 Å². The summed E-state index contributed by atoms with van der Waals surface area (Å²) >= 11 is 5.63. The van der Waals surface area contributed by atoms with Crippen molar-refractivity contribution in [1.29, 1.82) is 0 Å². The third kappa shape index (κ3) is 4.34. The Bertz CT molecular complexity index is 592. The SMILES string of the molecule is NC(=O)CCCNS(=O)(=O)c1cc(Cl)cc(N)c1F. The summed E-state index contributed by atoms with van der Waals surface area (Å²) in [6.45, 7) is -0.0445. The maximum atomic E-state index is 13.6. The molecule has 0 aliphatic carbocycles. The minimum Gasteiger partial charge on any atom is -0.396 e. The second kappa shape index (κ2) is 6.18. The van der Waals surface area contributed by atoms with Crippen molar-refractivity contribution in [3.8, 4) is 0 Å². The van der Waals surface area contributed by atoms with Crippen LogP contribution < -0.4 is 16.2 Å². The number of primary amides is 1. The van der Waals surface area contributed by atoms with Crippen molar-refractivity contribution < 1.29 is 17.6 Å².